The predicted octanol–water partition coefficient (Wildman–Crippen LogP) is 5.45. The van der Waals surface area contributed by atoms with Crippen LogP contribution in [0.4, 0.5) is 5.13 Å². The lowest BCUT2D eigenvalue weighted by Crippen LogP contribution is -2.10. The van der Waals surface area contributed by atoms with Gasteiger partial charge in [0.05, 0.1) is 21.6 Å². The van der Waals surface area contributed by atoms with Crippen molar-refractivity contribution < 1.29 is 9.21 Å². The van der Waals surface area contributed by atoms with Crippen LogP contribution in [-0.2, 0) is 0 Å². The molecule has 114 valence electrons. The number of carbonyl (C=O) groups excluding carboxylic acids is 1. The summed E-state index contributed by atoms with van der Waals surface area (Å²) in [6.45, 7) is 0. The van der Waals surface area contributed by atoms with Gasteiger partial charge in [-0.25, -0.2) is 4.98 Å². The molecule has 4 aromatic rings. The standard InChI is InChI=1S/C16H10N2O2S3/c19-15(10-5-6-20-9-10)18-16-17-13(11-3-1-7-21-11)14(23-16)12-4-2-8-22-12/h1-9H,(H,17,18,19). The Labute approximate surface area is 144 Å². The lowest BCUT2D eigenvalue weighted by atomic mass is 10.3. The Hall–Kier alpha value is -2.22. The van der Waals surface area contributed by atoms with Crippen LogP contribution < -0.4 is 5.32 Å². The van der Waals surface area contributed by atoms with Crippen molar-refractivity contribution in [2.24, 2.45) is 0 Å². The number of thiophene rings is 2. The van der Waals surface area contributed by atoms with E-state index in [0.717, 1.165) is 20.3 Å². The zero-order chi connectivity index (χ0) is 15.6. The molecular formula is C16H10N2O2S3. The van der Waals surface area contributed by atoms with E-state index in [4.69, 9.17) is 4.42 Å². The van der Waals surface area contributed by atoms with Gasteiger partial charge in [0, 0.05) is 4.88 Å². The van der Waals surface area contributed by atoms with Gasteiger partial charge >= 0.3 is 0 Å². The SMILES string of the molecule is O=C(Nc1nc(-c2cccs2)c(-c2cccs2)s1)c1ccoc1. The molecule has 0 aliphatic heterocycles. The number of nitrogens with one attached hydrogen (secondary N) is 1. The van der Waals surface area contributed by atoms with Gasteiger partial charge in [-0.2, -0.15) is 0 Å². The molecule has 0 aliphatic rings. The summed E-state index contributed by atoms with van der Waals surface area (Å²) in [5.41, 5.74) is 1.39. The fraction of sp³-hybridized carbons (Fsp3) is 0. The van der Waals surface area contributed by atoms with Crippen LogP contribution in [-0.4, -0.2) is 10.9 Å². The second-order valence-corrected chi connectivity index (χ2v) is 7.51. The van der Waals surface area contributed by atoms with Crippen LogP contribution in [0, 0.1) is 0 Å². The van der Waals surface area contributed by atoms with Crippen molar-refractivity contribution >= 4 is 45.0 Å². The van der Waals surface area contributed by atoms with Gasteiger partial charge in [0.25, 0.3) is 5.91 Å². The smallest absolute Gasteiger partial charge is 0.260 e. The van der Waals surface area contributed by atoms with E-state index in [1.165, 1.54) is 23.9 Å². The third-order valence-electron chi connectivity index (χ3n) is 3.13. The van der Waals surface area contributed by atoms with Crippen molar-refractivity contribution in [3.05, 3.63) is 59.2 Å². The Morgan fingerprint density at radius 2 is 1.87 bits per heavy atom. The normalized spacial score (nSPS) is 10.8. The molecule has 1 N–H and O–H groups in total. The van der Waals surface area contributed by atoms with Gasteiger partial charge in [-0.1, -0.05) is 23.5 Å². The Bertz CT molecular complexity index is 855. The molecule has 0 aliphatic carbocycles. The summed E-state index contributed by atoms with van der Waals surface area (Å²) < 4.78 is 4.95. The summed E-state index contributed by atoms with van der Waals surface area (Å²) in [5, 5.41) is 7.50. The van der Waals surface area contributed by atoms with Crippen molar-refractivity contribution in [3.63, 3.8) is 0 Å². The fourth-order valence-electron chi connectivity index (χ4n) is 2.09. The zero-order valence-corrected chi connectivity index (χ0v) is 14.1. The van der Waals surface area contributed by atoms with Gasteiger partial charge in [0.2, 0.25) is 0 Å². The van der Waals surface area contributed by atoms with Gasteiger partial charge in [0.1, 0.15) is 12.0 Å². The summed E-state index contributed by atoms with van der Waals surface area (Å²) in [6, 6.07) is 9.75. The maximum Gasteiger partial charge on any atom is 0.260 e. The van der Waals surface area contributed by atoms with Crippen LogP contribution in [0.5, 0.6) is 0 Å². The van der Waals surface area contributed by atoms with Gasteiger partial charge in [-0.15, -0.1) is 22.7 Å². The Morgan fingerprint density at radius 3 is 2.52 bits per heavy atom. The minimum Gasteiger partial charge on any atom is -0.472 e. The lowest BCUT2D eigenvalue weighted by Gasteiger charge is -1.97. The first-order valence-electron chi connectivity index (χ1n) is 6.73. The molecule has 0 bridgehead atoms. The summed E-state index contributed by atoms with van der Waals surface area (Å²) >= 11 is 4.79. The zero-order valence-electron chi connectivity index (χ0n) is 11.7. The summed E-state index contributed by atoms with van der Waals surface area (Å²) in [6.07, 6.45) is 2.90. The molecule has 0 saturated carbocycles. The predicted molar refractivity (Wildman–Crippen MR) is 95.4 cm³/mol. The van der Waals surface area contributed by atoms with Crippen LogP contribution in [0.15, 0.2) is 58.0 Å². The summed E-state index contributed by atoms with van der Waals surface area (Å²) in [5.74, 6) is -0.219. The molecule has 4 nitrogen and oxygen atoms in total. The number of hydrogen-bond acceptors (Lipinski definition) is 6. The number of furan rings is 1. The highest BCUT2D eigenvalue weighted by Crippen LogP contribution is 2.42. The number of hydrogen-bond donors (Lipinski definition) is 1. The van der Waals surface area contributed by atoms with E-state index in [-0.39, 0.29) is 5.91 Å². The molecule has 0 atom stereocenters. The second-order valence-electron chi connectivity index (χ2n) is 4.62. The molecule has 4 aromatic heterocycles. The number of aromatic nitrogens is 1. The van der Waals surface area contributed by atoms with Crippen molar-refractivity contribution in [2.45, 2.75) is 0 Å². The number of amides is 1. The van der Waals surface area contributed by atoms with Crippen LogP contribution in [0.25, 0.3) is 20.3 Å². The van der Waals surface area contributed by atoms with E-state index in [9.17, 15) is 4.79 Å². The molecule has 0 radical (unpaired) electrons. The average Bonchev–Trinajstić information content (AvgIpc) is 3.30. The monoisotopic (exact) mass is 358 g/mol. The maximum atomic E-state index is 12.2. The number of thiazole rings is 1. The number of anilines is 1. The highest BCUT2D eigenvalue weighted by Gasteiger charge is 2.18. The third kappa shape index (κ3) is 2.86. The minimum atomic E-state index is -0.219. The van der Waals surface area contributed by atoms with Gasteiger partial charge in [0.15, 0.2) is 5.13 Å². The third-order valence-corrected chi connectivity index (χ3v) is 6.03. The highest BCUT2D eigenvalue weighted by molar-refractivity contribution is 7.24. The molecule has 23 heavy (non-hydrogen) atoms. The topological polar surface area (TPSA) is 55.1 Å². The first kappa shape index (κ1) is 14.4. The maximum absolute atomic E-state index is 12.2. The molecule has 0 unspecified atom stereocenters. The Morgan fingerprint density at radius 1 is 1.09 bits per heavy atom. The van der Waals surface area contributed by atoms with Crippen LogP contribution >= 0.6 is 34.0 Å². The summed E-state index contributed by atoms with van der Waals surface area (Å²) in [7, 11) is 0. The Kier molecular flexibility index (Phi) is 3.82. The minimum absolute atomic E-state index is 0.219. The largest absolute Gasteiger partial charge is 0.472 e. The number of carbonyl (C=O) groups is 1. The molecule has 0 saturated heterocycles. The Balaban J connectivity index is 1.72. The van der Waals surface area contributed by atoms with E-state index in [1.807, 2.05) is 29.0 Å². The van der Waals surface area contributed by atoms with E-state index in [0.29, 0.717) is 10.7 Å². The number of nitrogens with zero attached hydrogens (tertiary/aromatic N) is 1. The average molecular weight is 358 g/mol. The first-order chi connectivity index (χ1) is 11.3. The van der Waals surface area contributed by atoms with Crippen LogP contribution in [0.3, 0.4) is 0 Å². The molecule has 0 fully saturated rings. The molecule has 0 spiro atoms. The van der Waals surface area contributed by atoms with Crippen LogP contribution in [0.1, 0.15) is 10.4 Å². The quantitative estimate of drug-likeness (QED) is 0.528. The van der Waals surface area contributed by atoms with E-state index >= 15 is 0 Å². The second kappa shape index (κ2) is 6.11. The van der Waals surface area contributed by atoms with Gasteiger partial charge in [-0.3, -0.25) is 10.1 Å². The highest BCUT2D eigenvalue weighted by atomic mass is 32.1. The van der Waals surface area contributed by atoms with Crippen molar-refractivity contribution in [3.8, 4) is 20.3 Å². The van der Waals surface area contributed by atoms with E-state index < -0.39 is 0 Å². The molecule has 7 heteroatoms. The van der Waals surface area contributed by atoms with Gasteiger partial charge < -0.3 is 4.42 Å². The van der Waals surface area contributed by atoms with Crippen molar-refractivity contribution in [1.82, 2.24) is 4.98 Å². The molecular weight excluding hydrogens is 348 g/mol. The summed E-state index contributed by atoms with van der Waals surface area (Å²) in [4.78, 5) is 20.1. The van der Waals surface area contributed by atoms with E-state index in [2.05, 4.69) is 16.4 Å². The van der Waals surface area contributed by atoms with Crippen molar-refractivity contribution in [1.29, 1.82) is 0 Å². The first-order valence-corrected chi connectivity index (χ1v) is 9.31. The van der Waals surface area contributed by atoms with E-state index in [1.54, 1.807) is 28.7 Å². The molecule has 4 rings (SSSR count). The fourth-order valence-corrected chi connectivity index (χ4v) is 4.71. The molecule has 0 aromatic carbocycles. The van der Waals surface area contributed by atoms with Crippen LogP contribution in [0.2, 0.25) is 0 Å². The number of rotatable bonds is 4. The van der Waals surface area contributed by atoms with Crippen molar-refractivity contribution in [2.75, 3.05) is 5.32 Å². The molecule has 1 amide bonds. The lowest BCUT2D eigenvalue weighted by molar-refractivity contribution is 0.102. The van der Waals surface area contributed by atoms with Gasteiger partial charge in [-0.05, 0) is 29.0 Å². The molecule has 4 heterocycles.